The summed E-state index contributed by atoms with van der Waals surface area (Å²) in [6, 6.07) is 5.31. The molecule has 3 rings (SSSR count). The van der Waals surface area contributed by atoms with E-state index in [0.717, 1.165) is 36.2 Å². The summed E-state index contributed by atoms with van der Waals surface area (Å²) >= 11 is 3.40. The Morgan fingerprint density at radius 3 is 2.59 bits per heavy atom. The molecule has 1 aromatic rings. The quantitative estimate of drug-likeness (QED) is 0.798. The number of benzene rings is 1. The third-order valence-corrected chi connectivity index (χ3v) is 5.04. The van der Waals surface area contributed by atoms with Crippen LogP contribution in [0, 0.1) is 0 Å². The van der Waals surface area contributed by atoms with Crippen molar-refractivity contribution in [1.29, 1.82) is 0 Å². The highest BCUT2D eigenvalue weighted by Crippen LogP contribution is 2.27. The van der Waals surface area contributed by atoms with E-state index in [1.54, 1.807) is 4.90 Å². The van der Waals surface area contributed by atoms with Gasteiger partial charge in [-0.05, 0) is 31.7 Å². The molecule has 0 N–H and O–H groups in total. The predicted molar refractivity (Wildman–Crippen MR) is 87.6 cm³/mol. The number of fused-ring (bicyclic) bond motifs is 1. The molecular formula is C16H20BrN3O2. The van der Waals surface area contributed by atoms with Gasteiger partial charge in [-0.25, -0.2) is 0 Å². The van der Waals surface area contributed by atoms with Crippen molar-refractivity contribution in [3.05, 3.63) is 33.8 Å². The van der Waals surface area contributed by atoms with Crippen LogP contribution in [0.3, 0.4) is 0 Å². The summed E-state index contributed by atoms with van der Waals surface area (Å²) in [4.78, 5) is 31.0. The molecule has 0 bridgehead atoms. The Bertz CT molecular complexity index is 611. The highest BCUT2D eigenvalue weighted by Gasteiger charge is 2.36. The fourth-order valence-electron chi connectivity index (χ4n) is 3.03. The number of hydrogen-bond donors (Lipinski definition) is 0. The number of likely N-dealkylation sites (N-methyl/N-ethyl adjacent to an activating group) is 1. The van der Waals surface area contributed by atoms with E-state index < -0.39 is 6.04 Å². The van der Waals surface area contributed by atoms with E-state index in [2.05, 4.69) is 27.9 Å². The van der Waals surface area contributed by atoms with E-state index >= 15 is 0 Å². The zero-order chi connectivity index (χ0) is 15.9. The van der Waals surface area contributed by atoms with Crippen molar-refractivity contribution >= 4 is 27.7 Å². The molecule has 1 aromatic carbocycles. The van der Waals surface area contributed by atoms with E-state index in [9.17, 15) is 9.59 Å². The van der Waals surface area contributed by atoms with Crippen LogP contribution in [0.1, 0.15) is 22.8 Å². The van der Waals surface area contributed by atoms with Gasteiger partial charge in [0.25, 0.3) is 5.91 Å². The Hall–Kier alpha value is -1.40. The largest absolute Gasteiger partial charge is 0.338 e. The molecule has 0 aromatic heterocycles. The zero-order valence-corrected chi connectivity index (χ0v) is 14.5. The van der Waals surface area contributed by atoms with Gasteiger partial charge in [-0.3, -0.25) is 9.59 Å². The summed E-state index contributed by atoms with van der Waals surface area (Å²) in [5.74, 6) is -0.000371. The van der Waals surface area contributed by atoms with Gasteiger partial charge < -0.3 is 14.7 Å². The Morgan fingerprint density at radius 1 is 1.23 bits per heavy atom. The minimum Gasteiger partial charge on any atom is -0.338 e. The van der Waals surface area contributed by atoms with Crippen molar-refractivity contribution in [2.75, 3.05) is 33.2 Å². The van der Waals surface area contributed by atoms with Crippen molar-refractivity contribution in [3.63, 3.8) is 0 Å². The molecule has 0 aliphatic carbocycles. The zero-order valence-electron chi connectivity index (χ0n) is 12.9. The third-order valence-electron chi connectivity index (χ3n) is 4.54. The van der Waals surface area contributed by atoms with Crippen molar-refractivity contribution in [2.45, 2.75) is 19.5 Å². The molecule has 1 unspecified atom stereocenters. The summed E-state index contributed by atoms with van der Waals surface area (Å²) in [6.07, 6.45) is 0. The van der Waals surface area contributed by atoms with E-state index in [4.69, 9.17) is 0 Å². The molecule has 0 radical (unpaired) electrons. The Kier molecular flexibility index (Phi) is 4.23. The van der Waals surface area contributed by atoms with Crippen molar-refractivity contribution < 1.29 is 9.59 Å². The Morgan fingerprint density at radius 2 is 1.91 bits per heavy atom. The van der Waals surface area contributed by atoms with Gasteiger partial charge in [-0.1, -0.05) is 22.0 Å². The first-order valence-corrected chi connectivity index (χ1v) is 8.33. The van der Waals surface area contributed by atoms with E-state index in [0.29, 0.717) is 12.1 Å². The van der Waals surface area contributed by atoms with Gasteiger partial charge >= 0.3 is 0 Å². The van der Waals surface area contributed by atoms with Gasteiger partial charge in [0.1, 0.15) is 6.04 Å². The molecule has 22 heavy (non-hydrogen) atoms. The number of carbonyl (C=O) groups excluding carboxylic acids is 2. The SMILES string of the molecule is CC(C(=O)N1CCN(C)CC1)N1Cc2ccc(Br)cc2C1=O. The van der Waals surface area contributed by atoms with Crippen LogP contribution in [0.25, 0.3) is 0 Å². The molecule has 0 spiro atoms. The van der Waals surface area contributed by atoms with Crippen LogP contribution >= 0.6 is 15.9 Å². The molecule has 1 atom stereocenters. The Balaban J connectivity index is 1.72. The lowest BCUT2D eigenvalue weighted by Gasteiger charge is -2.35. The van der Waals surface area contributed by atoms with Gasteiger partial charge in [0.15, 0.2) is 0 Å². The summed E-state index contributed by atoms with van der Waals surface area (Å²) in [5, 5.41) is 0. The van der Waals surface area contributed by atoms with Crippen molar-refractivity contribution in [3.8, 4) is 0 Å². The second kappa shape index (κ2) is 6.01. The topological polar surface area (TPSA) is 43.9 Å². The molecule has 2 amide bonds. The molecule has 6 heteroatoms. The number of amides is 2. The monoisotopic (exact) mass is 365 g/mol. The molecule has 2 aliphatic rings. The van der Waals surface area contributed by atoms with Crippen LogP contribution in [0.5, 0.6) is 0 Å². The van der Waals surface area contributed by atoms with Crippen LogP contribution in [-0.4, -0.2) is 65.8 Å². The molecule has 1 fully saturated rings. The van der Waals surface area contributed by atoms with Crippen LogP contribution in [0.15, 0.2) is 22.7 Å². The highest BCUT2D eigenvalue weighted by molar-refractivity contribution is 9.10. The van der Waals surface area contributed by atoms with Gasteiger partial charge in [0, 0.05) is 42.8 Å². The summed E-state index contributed by atoms with van der Waals surface area (Å²) in [6.45, 7) is 5.60. The fraction of sp³-hybridized carbons (Fsp3) is 0.500. The van der Waals surface area contributed by atoms with Crippen LogP contribution in [0.4, 0.5) is 0 Å². The minimum absolute atomic E-state index is 0.0494. The number of halogens is 1. The van der Waals surface area contributed by atoms with E-state index in [-0.39, 0.29) is 11.8 Å². The lowest BCUT2D eigenvalue weighted by molar-refractivity contribution is -0.137. The molecule has 5 nitrogen and oxygen atoms in total. The second-order valence-corrected chi connectivity index (χ2v) is 6.95. The normalized spacial score (nSPS) is 20.2. The van der Waals surface area contributed by atoms with E-state index in [1.807, 2.05) is 30.0 Å². The maximum Gasteiger partial charge on any atom is 0.255 e. The lowest BCUT2D eigenvalue weighted by Crippen LogP contribution is -2.53. The minimum atomic E-state index is -0.415. The average molecular weight is 366 g/mol. The third kappa shape index (κ3) is 2.77. The predicted octanol–water partition coefficient (Wildman–Crippen LogP) is 1.57. The summed E-state index contributed by atoms with van der Waals surface area (Å²) < 4.78 is 0.888. The second-order valence-electron chi connectivity index (χ2n) is 6.04. The van der Waals surface area contributed by atoms with Crippen molar-refractivity contribution in [1.82, 2.24) is 14.7 Å². The summed E-state index contributed by atoms with van der Waals surface area (Å²) in [5.41, 5.74) is 1.69. The standard InChI is InChI=1S/C16H20BrN3O2/c1-11(15(21)19-7-5-18(2)6-8-19)20-10-12-3-4-13(17)9-14(12)16(20)22/h3-4,9,11H,5-8,10H2,1-2H3. The van der Waals surface area contributed by atoms with Gasteiger partial charge in [-0.15, -0.1) is 0 Å². The molecule has 1 saturated heterocycles. The number of hydrogen-bond acceptors (Lipinski definition) is 3. The molecule has 0 saturated carbocycles. The summed E-state index contributed by atoms with van der Waals surface area (Å²) in [7, 11) is 2.06. The molecule has 2 aliphatic heterocycles. The first kappa shape index (κ1) is 15.5. The van der Waals surface area contributed by atoms with Gasteiger partial charge in [-0.2, -0.15) is 0 Å². The van der Waals surface area contributed by atoms with Crippen LogP contribution in [0.2, 0.25) is 0 Å². The van der Waals surface area contributed by atoms with Crippen LogP contribution < -0.4 is 0 Å². The van der Waals surface area contributed by atoms with Gasteiger partial charge in [0.05, 0.1) is 0 Å². The van der Waals surface area contributed by atoms with Gasteiger partial charge in [0.2, 0.25) is 5.91 Å². The molecule has 2 heterocycles. The fourth-order valence-corrected chi connectivity index (χ4v) is 3.39. The first-order valence-electron chi connectivity index (χ1n) is 7.54. The molecular weight excluding hydrogens is 346 g/mol. The van der Waals surface area contributed by atoms with E-state index in [1.165, 1.54) is 0 Å². The number of nitrogens with zero attached hydrogens (tertiary/aromatic N) is 3. The molecule has 118 valence electrons. The maximum atomic E-state index is 12.7. The maximum absolute atomic E-state index is 12.7. The first-order chi connectivity index (χ1) is 10.5. The number of rotatable bonds is 2. The van der Waals surface area contributed by atoms with Crippen molar-refractivity contribution in [2.24, 2.45) is 0 Å². The highest BCUT2D eigenvalue weighted by atomic mass is 79.9. The average Bonchev–Trinajstić information content (AvgIpc) is 2.83. The number of carbonyl (C=O) groups is 2. The smallest absolute Gasteiger partial charge is 0.255 e. The Labute approximate surface area is 139 Å². The lowest BCUT2D eigenvalue weighted by atomic mass is 10.1. The van der Waals surface area contributed by atoms with Crippen LogP contribution in [-0.2, 0) is 11.3 Å². The number of piperazine rings is 1.